The fourth-order valence-corrected chi connectivity index (χ4v) is 2.96. The minimum Gasteiger partial charge on any atom is -0.453 e. The van der Waals surface area contributed by atoms with Gasteiger partial charge in [0.25, 0.3) is 0 Å². The topological polar surface area (TPSA) is 21.7 Å². The van der Waals surface area contributed by atoms with Crippen LogP contribution in [0.3, 0.4) is 0 Å². The lowest BCUT2D eigenvalue weighted by molar-refractivity contribution is 0.173. The molecule has 0 aliphatic carbocycles. The summed E-state index contributed by atoms with van der Waals surface area (Å²) in [7, 11) is 2.19. The second kappa shape index (κ2) is 3.91. The van der Waals surface area contributed by atoms with Crippen LogP contribution < -0.4 is 9.47 Å². The van der Waals surface area contributed by atoms with E-state index in [0.29, 0.717) is 6.79 Å². The SMILES string of the molecule is Cc1c2c(c(C)c3c1OCO3)CCN(C)CC2. The van der Waals surface area contributed by atoms with Crippen molar-refractivity contribution in [2.45, 2.75) is 26.7 Å². The van der Waals surface area contributed by atoms with Gasteiger partial charge in [-0.25, -0.2) is 0 Å². The molecular formula is C14H19NO2. The van der Waals surface area contributed by atoms with E-state index in [1.54, 1.807) is 0 Å². The van der Waals surface area contributed by atoms with Crippen LogP contribution in [0.2, 0.25) is 0 Å². The number of nitrogens with zero attached hydrogens (tertiary/aromatic N) is 1. The molecule has 2 aliphatic rings. The van der Waals surface area contributed by atoms with Gasteiger partial charge in [0, 0.05) is 13.1 Å². The highest BCUT2D eigenvalue weighted by atomic mass is 16.7. The van der Waals surface area contributed by atoms with E-state index < -0.39 is 0 Å². The van der Waals surface area contributed by atoms with Crippen molar-refractivity contribution in [1.82, 2.24) is 4.90 Å². The molecular weight excluding hydrogens is 214 g/mol. The summed E-state index contributed by atoms with van der Waals surface area (Å²) < 4.78 is 11.2. The molecule has 0 amide bonds. The van der Waals surface area contributed by atoms with Gasteiger partial charge in [0.2, 0.25) is 6.79 Å². The van der Waals surface area contributed by atoms with Crippen molar-refractivity contribution < 1.29 is 9.47 Å². The van der Waals surface area contributed by atoms with Crippen LogP contribution in [-0.2, 0) is 12.8 Å². The predicted octanol–water partition coefficient (Wildman–Crippen LogP) is 2.06. The minimum absolute atomic E-state index is 0.375. The molecule has 3 heteroatoms. The molecule has 0 unspecified atom stereocenters. The maximum Gasteiger partial charge on any atom is 0.231 e. The van der Waals surface area contributed by atoms with Crippen LogP contribution in [0.4, 0.5) is 0 Å². The first-order valence-electron chi connectivity index (χ1n) is 6.27. The Labute approximate surface area is 102 Å². The molecule has 0 aromatic heterocycles. The molecule has 0 fully saturated rings. The molecule has 2 aliphatic heterocycles. The van der Waals surface area contributed by atoms with Gasteiger partial charge in [0.05, 0.1) is 0 Å². The monoisotopic (exact) mass is 233 g/mol. The summed E-state index contributed by atoms with van der Waals surface area (Å²) in [5.74, 6) is 1.96. The average molecular weight is 233 g/mol. The zero-order valence-electron chi connectivity index (χ0n) is 10.8. The maximum atomic E-state index is 5.61. The first-order valence-corrected chi connectivity index (χ1v) is 6.27. The Hall–Kier alpha value is -1.22. The van der Waals surface area contributed by atoms with Crippen LogP contribution in [-0.4, -0.2) is 31.8 Å². The fourth-order valence-electron chi connectivity index (χ4n) is 2.96. The Morgan fingerprint density at radius 2 is 1.35 bits per heavy atom. The molecule has 0 radical (unpaired) electrons. The van der Waals surface area contributed by atoms with E-state index in [-0.39, 0.29) is 0 Å². The van der Waals surface area contributed by atoms with E-state index in [2.05, 4.69) is 25.8 Å². The van der Waals surface area contributed by atoms with Gasteiger partial charge in [-0.05, 0) is 56.0 Å². The van der Waals surface area contributed by atoms with Gasteiger partial charge in [0.15, 0.2) is 11.5 Å². The number of likely N-dealkylation sites (N-methyl/N-ethyl adjacent to an activating group) is 1. The largest absolute Gasteiger partial charge is 0.453 e. The molecule has 1 aromatic carbocycles. The number of fused-ring (bicyclic) bond motifs is 2. The number of hydrogen-bond donors (Lipinski definition) is 0. The summed E-state index contributed by atoms with van der Waals surface area (Å²) in [6.45, 7) is 6.97. The smallest absolute Gasteiger partial charge is 0.231 e. The standard InChI is InChI=1S/C14H19NO2/c1-9-11-4-6-15(3)7-5-12(11)10(2)14-13(9)16-8-17-14/h4-8H2,1-3H3. The lowest BCUT2D eigenvalue weighted by atomic mass is 9.92. The molecule has 17 heavy (non-hydrogen) atoms. The van der Waals surface area contributed by atoms with E-state index in [1.165, 1.54) is 22.3 Å². The number of ether oxygens (including phenoxy) is 2. The predicted molar refractivity (Wildman–Crippen MR) is 66.9 cm³/mol. The van der Waals surface area contributed by atoms with Gasteiger partial charge in [-0.3, -0.25) is 0 Å². The van der Waals surface area contributed by atoms with Crippen molar-refractivity contribution in [1.29, 1.82) is 0 Å². The highest BCUT2D eigenvalue weighted by molar-refractivity contribution is 5.60. The van der Waals surface area contributed by atoms with Crippen LogP contribution in [0.15, 0.2) is 0 Å². The van der Waals surface area contributed by atoms with Crippen molar-refractivity contribution in [3.8, 4) is 11.5 Å². The van der Waals surface area contributed by atoms with Gasteiger partial charge in [0.1, 0.15) is 0 Å². The number of rotatable bonds is 0. The van der Waals surface area contributed by atoms with Gasteiger partial charge in [-0.2, -0.15) is 0 Å². The molecule has 0 atom stereocenters. The number of hydrogen-bond acceptors (Lipinski definition) is 3. The molecule has 3 nitrogen and oxygen atoms in total. The molecule has 0 spiro atoms. The second-order valence-electron chi connectivity index (χ2n) is 5.08. The summed E-state index contributed by atoms with van der Waals surface area (Å²) in [6.07, 6.45) is 2.24. The zero-order chi connectivity index (χ0) is 12.0. The minimum atomic E-state index is 0.375. The first-order chi connectivity index (χ1) is 8.18. The van der Waals surface area contributed by atoms with E-state index in [0.717, 1.165) is 37.4 Å². The van der Waals surface area contributed by atoms with Gasteiger partial charge in [-0.1, -0.05) is 0 Å². The summed E-state index contributed by atoms with van der Waals surface area (Å²) in [5.41, 5.74) is 5.54. The zero-order valence-corrected chi connectivity index (χ0v) is 10.8. The van der Waals surface area contributed by atoms with Gasteiger partial charge in [-0.15, -0.1) is 0 Å². The highest BCUT2D eigenvalue weighted by Gasteiger charge is 2.26. The summed E-state index contributed by atoms with van der Waals surface area (Å²) >= 11 is 0. The van der Waals surface area contributed by atoms with Crippen LogP contribution in [0.1, 0.15) is 22.3 Å². The molecule has 0 bridgehead atoms. The lowest BCUT2D eigenvalue weighted by Gasteiger charge is -2.15. The third-order valence-electron chi connectivity index (χ3n) is 4.05. The fraction of sp³-hybridized carbons (Fsp3) is 0.571. The van der Waals surface area contributed by atoms with E-state index in [1.807, 2.05) is 0 Å². The summed E-state index contributed by atoms with van der Waals surface area (Å²) in [5, 5.41) is 0. The van der Waals surface area contributed by atoms with Crippen molar-refractivity contribution >= 4 is 0 Å². The lowest BCUT2D eigenvalue weighted by Crippen LogP contribution is -2.20. The van der Waals surface area contributed by atoms with Crippen molar-refractivity contribution in [3.63, 3.8) is 0 Å². The third kappa shape index (κ3) is 1.61. The summed E-state index contributed by atoms with van der Waals surface area (Å²) in [6, 6.07) is 0. The molecule has 1 aromatic rings. The molecule has 0 saturated heterocycles. The van der Waals surface area contributed by atoms with E-state index in [4.69, 9.17) is 9.47 Å². The maximum absolute atomic E-state index is 5.61. The number of benzene rings is 1. The Balaban J connectivity index is 2.17. The second-order valence-corrected chi connectivity index (χ2v) is 5.08. The molecule has 0 N–H and O–H groups in total. The first kappa shape index (κ1) is 10.9. The molecule has 3 rings (SSSR count). The Morgan fingerprint density at radius 3 is 1.82 bits per heavy atom. The van der Waals surface area contributed by atoms with Crippen molar-refractivity contribution in [3.05, 3.63) is 22.3 Å². The van der Waals surface area contributed by atoms with Crippen LogP contribution in [0, 0.1) is 13.8 Å². The molecule has 92 valence electrons. The van der Waals surface area contributed by atoms with Gasteiger partial charge < -0.3 is 14.4 Å². The average Bonchev–Trinajstić information content (AvgIpc) is 2.72. The Bertz CT molecular complexity index is 427. The Morgan fingerprint density at radius 1 is 0.882 bits per heavy atom. The van der Waals surface area contributed by atoms with Crippen LogP contribution >= 0.6 is 0 Å². The van der Waals surface area contributed by atoms with Crippen molar-refractivity contribution in [2.24, 2.45) is 0 Å². The third-order valence-corrected chi connectivity index (χ3v) is 4.05. The molecule has 0 saturated carbocycles. The highest BCUT2D eigenvalue weighted by Crippen LogP contribution is 2.43. The quantitative estimate of drug-likeness (QED) is 0.684. The van der Waals surface area contributed by atoms with Crippen LogP contribution in [0.5, 0.6) is 11.5 Å². The van der Waals surface area contributed by atoms with Crippen molar-refractivity contribution in [2.75, 3.05) is 26.9 Å². The molecule has 2 heterocycles. The normalized spacial score (nSPS) is 19.0. The summed E-state index contributed by atoms with van der Waals surface area (Å²) in [4.78, 5) is 2.39. The van der Waals surface area contributed by atoms with E-state index >= 15 is 0 Å². The Kier molecular flexibility index (Phi) is 2.51. The van der Waals surface area contributed by atoms with Crippen LogP contribution in [0.25, 0.3) is 0 Å². The van der Waals surface area contributed by atoms with E-state index in [9.17, 15) is 0 Å². The van der Waals surface area contributed by atoms with Gasteiger partial charge >= 0.3 is 0 Å².